The van der Waals surface area contributed by atoms with Gasteiger partial charge in [-0.1, -0.05) is 0 Å². The highest BCUT2D eigenvalue weighted by Crippen LogP contribution is 1.89. The number of nitrogens with one attached hydrogen (secondary N) is 2. The number of aromatic amines is 1. The first-order valence-electron chi connectivity index (χ1n) is 2.21. The number of hydrogen-bond acceptors (Lipinski definition) is 3. The van der Waals surface area contributed by atoms with Crippen LogP contribution in [0.1, 0.15) is 0 Å². The zero-order valence-electron chi connectivity index (χ0n) is 4.46. The van der Waals surface area contributed by atoms with Crippen molar-refractivity contribution in [2.24, 2.45) is 0 Å². The van der Waals surface area contributed by atoms with Crippen LogP contribution < -0.4 is 5.32 Å². The number of H-pyrrole nitrogens is 1. The molecule has 1 heterocycles. The minimum Gasteiger partial charge on any atom is -0.305 e. The van der Waals surface area contributed by atoms with E-state index in [0.717, 1.165) is 0 Å². The Morgan fingerprint density at radius 3 is 3.11 bits per heavy atom. The average molecular weight is 122 g/mol. The summed E-state index contributed by atoms with van der Waals surface area (Å²) in [7, 11) is 4.75. The smallest absolute Gasteiger partial charge is 0.224 e. The summed E-state index contributed by atoms with van der Waals surface area (Å²) in [5, 5.41) is 8.06. The molecule has 0 unspecified atom stereocenters. The van der Waals surface area contributed by atoms with E-state index in [4.69, 9.17) is 7.85 Å². The van der Waals surface area contributed by atoms with Crippen molar-refractivity contribution in [2.45, 2.75) is 0 Å². The standard InChI is InChI=1S/C3H3BN4O/c4-2(9)7-3-5-1-6-8-3/h1H,(H2,5,6,7,8,9). The van der Waals surface area contributed by atoms with Crippen molar-refractivity contribution in [3.63, 3.8) is 0 Å². The largest absolute Gasteiger partial charge is 0.305 e. The Morgan fingerprint density at radius 1 is 1.89 bits per heavy atom. The quantitative estimate of drug-likeness (QED) is 0.493. The number of carbonyl (C=O) groups excluding carboxylic acids is 1. The van der Waals surface area contributed by atoms with E-state index < -0.39 is 5.81 Å². The fourth-order valence-electron chi connectivity index (χ4n) is 0.382. The monoisotopic (exact) mass is 122 g/mol. The maximum Gasteiger partial charge on any atom is 0.224 e. The average Bonchev–Trinajstić information content (AvgIpc) is 2.15. The molecule has 9 heavy (non-hydrogen) atoms. The van der Waals surface area contributed by atoms with Gasteiger partial charge < -0.3 is 5.32 Å². The van der Waals surface area contributed by atoms with Gasteiger partial charge in [-0.05, 0) is 0 Å². The van der Waals surface area contributed by atoms with Gasteiger partial charge in [0.15, 0.2) is 5.81 Å². The zero-order chi connectivity index (χ0) is 6.69. The van der Waals surface area contributed by atoms with Crippen molar-refractivity contribution < 1.29 is 4.79 Å². The molecule has 0 fully saturated rings. The molecule has 0 aromatic carbocycles. The van der Waals surface area contributed by atoms with Gasteiger partial charge in [-0.25, -0.2) is 5.10 Å². The van der Waals surface area contributed by atoms with Crippen LogP contribution >= 0.6 is 0 Å². The fourth-order valence-corrected chi connectivity index (χ4v) is 0.382. The van der Waals surface area contributed by atoms with Crippen molar-refractivity contribution in [1.29, 1.82) is 0 Å². The van der Waals surface area contributed by atoms with Crippen molar-refractivity contribution in [2.75, 3.05) is 5.32 Å². The Labute approximate surface area is 52.3 Å². The summed E-state index contributed by atoms with van der Waals surface area (Å²) >= 11 is 0. The number of amides is 1. The second-order valence-corrected chi connectivity index (χ2v) is 1.32. The van der Waals surface area contributed by atoms with Crippen LogP contribution in [0.5, 0.6) is 0 Å². The molecule has 0 aliphatic heterocycles. The summed E-state index contributed by atoms with van der Waals surface area (Å²) in [5.41, 5.74) is 0. The van der Waals surface area contributed by atoms with E-state index in [2.05, 4.69) is 20.5 Å². The molecule has 6 heteroatoms. The first kappa shape index (κ1) is 5.81. The minimum atomic E-state index is -0.660. The number of hydrogen-bond donors (Lipinski definition) is 2. The highest BCUT2D eigenvalue weighted by Gasteiger charge is 1.93. The van der Waals surface area contributed by atoms with E-state index in [0.29, 0.717) is 0 Å². The zero-order valence-corrected chi connectivity index (χ0v) is 4.46. The Morgan fingerprint density at radius 2 is 2.67 bits per heavy atom. The van der Waals surface area contributed by atoms with Crippen LogP contribution in [-0.2, 0) is 0 Å². The molecule has 2 N–H and O–H groups in total. The van der Waals surface area contributed by atoms with Crippen LogP contribution in [0, 0.1) is 0 Å². The molecule has 0 saturated heterocycles. The maximum absolute atomic E-state index is 10.1. The molecule has 1 aromatic heterocycles. The molecule has 2 radical (unpaired) electrons. The number of rotatable bonds is 1. The molecular formula is C3H3BN4O. The SMILES string of the molecule is [B]C(=O)Nc1ncn[nH]1. The lowest BCUT2D eigenvalue weighted by Gasteiger charge is -1.91. The molecule has 5 nitrogen and oxygen atoms in total. The molecule has 0 aliphatic carbocycles. The molecule has 0 saturated carbocycles. The molecule has 1 rings (SSSR count). The molecule has 1 aromatic rings. The highest BCUT2D eigenvalue weighted by molar-refractivity contribution is 6.60. The van der Waals surface area contributed by atoms with Gasteiger partial charge in [-0.2, -0.15) is 10.1 Å². The number of nitrogens with zero attached hydrogens (tertiary/aromatic N) is 2. The normalized spacial score (nSPS) is 8.89. The summed E-state index contributed by atoms with van der Waals surface area (Å²) < 4.78 is 0. The van der Waals surface area contributed by atoms with E-state index in [1.807, 2.05) is 0 Å². The second kappa shape index (κ2) is 2.30. The molecule has 0 bridgehead atoms. The third-order valence-electron chi connectivity index (χ3n) is 0.657. The van der Waals surface area contributed by atoms with Crippen molar-refractivity contribution in [3.8, 4) is 0 Å². The van der Waals surface area contributed by atoms with Crippen LogP contribution in [-0.4, -0.2) is 28.8 Å². The lowest BCUT2D eigenvalue weighted by molar-refractivity contribution is 0.268. The van der Waals surface area contributed by atoms with E-state index in [1.54, 1.807) is 0 Å². The Balaban J connectivity index is 2.58. The van der Waals surface area contributed by atoms with Crippen molar-refractivity contribution in [1.82, 2.24) is 15.2 Å². The van der Waals surface area contributed by atoms with Crippen molar-refractivity contribution in [3.05, 3.63) is 6.33 Å². The molecule has 1 amide bonds. The second-order valence-electron chi connectivity index (χ2n) is 1.32. The van der Waals surface area contributed by atoms with E-state index >= 15 is 0 Å². The lowest BCUT2D eigenvalue weighted by Crippen LogP contribution is -2.09. The van der Waals surface area contributed by atoms with Crippen molar-refractivity contribution >= 4 is 19.6 Å². The van der Waals surface area contributed by atoms with Gasteiger partial charge in [0.25, 0.3) is 0 Å². The first-order valence-corrected chi connectivity index (χ1v) is 2.21. The summed E-state index contributed by atoms with van der Waals surface area (Å²) in [5.74, 6) is -0.408. The number of aromatic nitrogens is 3. The van der Waals surface area contributed by atoms with Gasteiger partial charge >= 0.3 is 0 Å². The van der Waals surface area contributed by atoms with Crippen LogP contribution in [0.3, 0.4) is 0 Å². The summed E-state index contributed by atoms with van der Waals surface area (Å²) in [4.78, 5) is 13.7. The number of anilines is 1. The topological polar surface area (TPSA) is 70.7 Å². The Kier molecular flexibility index (Phi) is 1.48. The van der Waals surface area contributed by atoms with E-state index in [1.165, 1.54) is 6.33 Å². The first-order chi connectivity index (χ1) is 4.29. The van der Waals surface area contributed by atoms with Gasteiger partial charge in [0, 0.05) is 0 Å². The maximum atomic E-state index is 10.1. The van der Waals surface area contributed by atoms with Crippen LogP contribution in [0.4, 0.5) is 10.7 Å². The molecule has 0 spiro atoms. The molecule has 44 valence electrons. The van der Waals surface area contributed by atoms with Crippen LogP contribution in [0.2, 0.25) is 0 Å². The fraction of sp³-hybridized carbons (Fsp3) is 0. The van der Waals surface area contributed by atoms with E-state index in [-0.39, 0.29) is 5.95 Å². The predicted molar refractivity (Wildman–Crippen MR) is 31.2 cm³/mol. The summed E-state index contributed by atoms with van der Waals surface area (Å²) in [6.07, 6.45) is 1.27. The minimum absolute atomic E-state index is 0.252. The summed E-state index contributed by atoms with van der Waals surface area (Å²) in [6, 6.07) is 0. The third-order valence-corrected chi connectivity index (χ3v) is 0.657. The van der Waals surface area contributed by atoms with Crippen LogP contribution in [0.15, 0.2) is 6.33 Å². The molecule has 0 atom stereocenters. The predicted octanol–water partition coefficient (Wildman–Crippen LogP) is -0.495. The number of carbonyl (C=O) groups is 1. The lowest BCUT2D eigenvalue weighted by atomic mass is 10.1. The van der Waals surface area contributed by atoms with Gasteiger partial charge in [-0.15, -0.1) is 0 Å². The van der Waals surface area contributed by atoms with Gasteiger partial charge in [0.05, 0.1) is 0 Å². The molecule has 0 aliphatic rings. The van der Waals surface area contributed by atoms with E-state index in [9.17, 15) is 4.79 Å². The highest BCUT2D eigenvalue weighted by atomic mass is 16.1. The van der Waals surface area contributed by atoms with Gasteiger partial charge in [0.1, 0.15) is 6.33 Å². The summed E-state index contributed by atoms with van der Waals surface area (Å²) in [6.45, 7) is 0. The Hall–Kier alpha value is -1.33. The molecular weight excluding hydrogens is 119 g/mol. The van der Waals surface area contributed by atoms with Crippen LogP contribution in [0.25, 0.3) is 0 Å². The third kappa shape index (κ3) is 1.56. The van der Waals surface area contributed by atoms with Gasteiger partial charge in [0.2, 0.25) is 13.8 Å². The van der Waals surface area contributed by atoms with Gasteiger partial charge in [-0.3, -0.25) is 4.79 Å². The Bertz CT molecular complexity index is 196.